The van der Waals surface area contributed by atoms with Gasteiger partial charge in [-0.2, -0.15) is 0 Å². The standard InChI is InChI=1S/C18H20N4O2/c1-12(2)24-15-6-4-5-13(7-15)9-20-18(23)14-8-16-17(19-10-14)22(3)11-21-16/h4-8,10-12H,9H2,1-3H3,(H,20,23). The highest BCUT2D eigenvalue weighted by Gasteiger charge is 2.09. The number of aryl methyl sites for hydroxylation is 1. The number of fused-ring (bicyclic) bond motifs is 1. The number of aromatic nitrogens is 3. The zero-order valence-electron chi connectivity index (χ0n) is 14.0. The summed E-state index contributed by atoms with van der Waals surface area (Å²) in [6, 6.07) is 9.45. The van der Waals surface area contributed by atoms with Gasteiger partial charge in [0, 0.05) is 19.8 Å². The Morgan fingerprint density at radius 2 is 2.12 bits per heavy atom. The summed E-state index contributed by atoms with van der Waals surface area (Å²) in [5.74, 6) is 0.624. The highest BCUT2D eigenvalue weighted by atomic mass is 16.5. The van der Waals surface area contributed by atoms with Gasteiger partial charge in [-0.15, -0.1) is 0 Å². The van der Waals surface area contributed by atoms with E-state index in [2.05, 4.69) is 15.3 Å². The lowest BCUT2D eigenvalue weighted by atomic mass is 10.2. The molecule has 3 aromatic rings. The first kappa shape index (κ1) is 16.0. The highest BCUT2D eigenvalue weighted by molar-refractivity contribution is 5.96. The summed E-state index contributed by atoms with van der Waals surface area (Å²) in [7, 11) is 1.87. The number of carbonyl (C=O) groups excluding carboxylic acids is 1. The molecular weight excluding hydrogens is 304 g/mol. The molecule has 124 valence electrons. The fraction of sp³-hybridized carbons (Fsp3) is 0.278. The predicted molar refractivity (Wildman–Crippen MR) is 91.9 cm³/mol. The van der Waals surface area contributed by atoms with Crippen molar-refractivity contribution in [2.45, 2.75) is 26.5 Å². The molecule has 0 spiro atoms. The number of amides is 1. The molecule has 0 unspecified atom stereocenters. The number of hydrogen-bond acceptors (Lipinski definition) is 4. The lowest BCUT2D eigenvalue weighted by Crippen LogP contribution is -2.23. The van der Waals surface area contributed by atoms with Crippen LogP contribution in [0.5, 0.6) is 5.75 Å². The maximum absolute atomic E-state index is 12.3. The molecule has 6 nitrogen and oxygen atoms in total. The van der Waals surface area contributed by atoms with Gasteiger partial charge >= 0.3 is 0 Å². The quantitative estimate of drug-likeness (QED) is 0.783. The fourth-order valence-electron chi connectivity index (χ4n) is 2.43. The Hall–Kier alpha value is -2.89. The molecule has 0 saturated carbocycles. The van der Waals surface area contributed by atoms with Crippen LogP contribution in [0.1, 0.15) is 29.8 Å². The Bertz CT molecular complexity index is 870. The van der Waals surface area contributed by atoms with Crippen molar-refractivity contribution in [1.29, 1.82) is 0 Å². The van der Waals surface area contributed by atoms with E-state index in [0.29, 0.717) is 17.6 Å². The van der Waals surface area contributed by atoms with Crippen molar-refractivity contribution in [3.63, 3.8) is 0 Å². The van der Waals surface area contributed by atoms with Gasteiger partial charge in [0.15, 0.2) is 5.65 Å². The van der Waals surface area contributed by atoms with Gasteiger partial charge in [-0.25, -0.2) is 9.97 Å². The Morgan fingerprint density at radius 1 is 1.29 bits per heavy atom. The third-order valence-corrected chi connectivity index (χ3v) is 3.54. The Morgan fingerprint density at radius 3 is 2.92 bits per heavy atom. The minimum absolute atomic E-state index is 0.117. The van der Waals surface area contributed by atoms with E-state index in [4.69, 9.17) is 4.74 Å². The summed E-state index contributed by atoms with van der Waals surface area (Å²) in [6.07, 6.45) is 3.36. The van der Waals surface area contributed by atoms with Crippen LogP contribution in [-0.4, -0.2) is 26.5 Å². The number of pyridine rings is 1. The van der Waals surface area contributed by atoms with Gasteiger partial charge in [-0.1, -0.05) is 12.1 Å². The van der Waals surface area contributed by atoms with E-state index in [1.54, 1.807) is 18.6 Å². The van der Waals surface area contributed by atoms with Crippen LogP contribution in [-0.2, 0) is 13.6 Å². The summed E-state index contributed by atoms with van der Waals surface area (Å²) in [4.78, 5) is 20.8. The monoisotopic (exact) mass is 324 g/mol. The van der Waals surface area contributed by atoms with Crippen LogP contribution in [0.25, 0.3) is 11.2 Å². The number of rotatable bonds is 5. The van der Waals surface area contributed by atoms with Crippen molar-refractivity contribution >= 4 is 17.1 Å². The molecule has 24 heavy (non-hydrogen) atoms. The van der Waals surface area contributed by atoms with Gasteiger partial charge in [-0.05, 0) is 37.6 Å². The van der Waals surface area contributed by atoms with Gasteiger partial charge < -0.3 is 14.6 Å². The van der Waals surface area contributed by atoms with Crippen LogP contribution in [0.4, 0.5) is 0 Å². The second-order valence-corrected chi connectivity index (χ2v) is 5.92. The van der Waals surface area contributed by atoms with Crippen molar-refractivity contribution in [3.8, 4) is 5.75 Å². The first-order chi connectivity index (χ1) is 11.5. The van der Waals surface area contributed by atoms with Crippen LogP contribution in [0.2, 0.25) is 0 Å². The average Bonchev–Trinajstić information content (AvgIpc) is 2.93. The zero-order valence-corrected chi connectivity index (χ0v) is 14.0. The van der Waals surface area contributed by atoms with Crippen molar-refractivity contribution in [2.75, 3.05) is 0 Å². The smallest absolute Gasteiger partial charge is 0.253 e. The van der Waals surface area contributed by atoms with Crippen molar-refractivity contribution in [1.82, 2.24) is 19.9 Å². The molecule has 3 rings (SSSR count). The van der Waals surface area contributed by atoms with Gasteiger partial charge in [0.05, 0.1) is 18.0 Å². The van der Waals surface area contributed by atoms with E-state index in [0.717, 1.165) is 17.0 Å². The van der Waals surface area contributed by atoms with Crippen LogP contribution < -0.4 is 10.1 Å². The third-order valence-electron chi connectivity index (χ3n) is 3.54. The van der Waals surface area contributed by atoms with Gasteiger partial charge in [0.2, 0.25) is 0 Å². The van der Waals surface area contributed by atoms with E-state index in [1.165, 1.54) is 0 Å². The summed E-state index contributed by atoms with van der Waals surface area (Å²) >= 11 is 0. The predicted octanol–water partition coefficient (Wildman–Crippen LogP) is 2.69. The Labute approximate surface area is 140 Å². The molecule has 0 bridgehead atoms. The lowest BCUT2D eigenvalue weighted by molar-refractivity contribution is 0.0950. The maximum Gasteiger partial charge on any atom is 0.253 e. The number of ether oxygens (including phenoxy) is 1. The zero-order chi connectivity index (χ0) is 17.1. The molecule has 1 amide bonds. The number of imidazole rings is 1. The molecule has 0 fully saturated rings. The number of nitrogens with zero attached hydrogens (tertiary/aromatic N) is 3. The molecule has 1 aromatic carbocycles. The largest absolute Gasteiger partial charge is 0.491 e. The van der Waals surface area contributed by atoms with Gasteiger partial charge in [0.25, 0.3) is 5.91 Å². The van der Waals surface area contributed by atoms with Gasteiger partial charge in [0.1, 0.15) is 11.3 Å². The summed E-state index contributed by atoms with van der Waals surface area (Å²) in [5.41, 5.74) is 2.94. The molecule has 0 radical (unpaired) electrons. The van der Waals surface area contributed by atoms with Crippen molar-refractivity contribution in [2.24, 2.45) is 7.05 Å². The molecule has 2 aromatic heterocycles. The third kappa shape index (κ3) is 3.53. The molecule has 0 atom stereocenters. The number of nitrogens with one attached hydrogen (secondary N) is 1. The van der Waals surface area contributed by atoms with Gasteiger partial charge in [-0.3, -0.25) is 4.79 Å². The molecule has 1 N–H and O–H groups in total. The molecular formula is C18H20N4O2. The number of hydrogen-bond donors (Lipinski definition) is 1. The second kappa shape index (κ2) is 6.70. The molecule has 0 aliphatic heterocycles. The average molecular weight is 324 g/mol. The van der Waals surface area contributed by atoms with E-state index >= 15 is 0 Å². The van der Waals surface area contributed by atoms with Crippen LogP contribution in [0, 0.1) is 0 Å². The first-order valence-corrected chi connectivity index (χ1v) is 7.84. The molecule has 6 heteroatoms. The lowest BCUT2D eigenvalue weighted by Gasteiger charge is -2.11. The molecule has 0 aliphatic carbocycles. The summed E-state index contributed by atoms with van der Waals surface area (Å²) in [5, 5.41) is 2.90. The number of benzene rings is 1. The maximum atomic E-state index is 12.3. The summed E-state index contributed by atoms with van der Waals surface area (Å²) in [6.45, 7) is 4.39. The summed E-state index contributed by atoms with van der Waals surface area (Å²) < 4.78 is 7.48. The Kier molecular flexibility index (Phi) is 4.46. The van der Waals surface area contributed by atoms with Crippen molar-refractivity contribution < 1.29 is 9.53 Å². The molecule has 0 saturated heterocycles. The van der Waals surface area contributed by atoms with E-state index in [-0.39, 0.29) is 12.0 Å². The van der Waals surface area contributed by atoms with Crippen LogP contribution in [0.3, 0.4) is 0 Å². The first-order valence-electron chi connectivity index (χ1n) is 7.84. The minimum Gasteiger partial charge on any atom is -0.491 e. The minimum atomic E-state index is -0.176. The second-order valence-electron chi connectivity index (χ2n) is 5.92. The van der Waals surface area contributed by atoms with Crippen LogP contribution in [0.15, 0.2) is 42.9 Å². The van der Waals surface area contributed by atoms with E-state index in [9.17, 15) is 4.79 Å². The van der Waals surface area contributed by atoms with E-state index < -0.39 is 0 Å². The topological polar surface area (TPSA) is 69.0 Å². The highest BCUT2D eigenvalue weighted by Crippen LogP contribution is 2.15. The number of carbonyl (C=O) groups is 1. The van der Waals surface area contributed by atoms with Crippen molar-refractivity contribution in [3.05, 3.63) is 54.0 Å². The van der Waals surface area contributed by atoms with Crippen LogP contribution >= 0.6 is 0 Å². The SMILES string of the molecule is CC(C)Oc1cccc(CNC(=O)c2cnc3c(c2)ncn3C)c1. The Balaban J connectivity index is 1.68. The van der Waals surface area contributed by atoms with E-state index in [1.807, 2.05) is 49.7 Å². The molecule has 2 heterocycles. The molecule has 0 aliphatic rings. The normalized spacial score (nSPS) is 11.0. The fourth-order valence-corrected chi connectivity index (χ4v) is 2.43.